The summed E-state index contributed by atoms with van der Waals surface area (Å²) in [6, 6.07) is 17.0. The number of fused-ring (bicyclic) bond motifs is 2. The van der Waals surface area contributed by atoms with Gasteiger partial charge in [0.1, 0.15) is 30.0 Å². The third-order valence-electron chi connectivity index (χ3n) is 5.95. The van der Waals surface area contributed by atoms with Crippen LogP contribution in [0.25, 0.3) is 22.1 Å². The molecule has 174 valence electrons. The van der Waals surface area contributed by atoms with Gasteiger partial charge >= 0.3 is 0 Å². The summed E-state index contributed by atoms with van der Waals surface area (Å²) in [5.41, 5.74) is 3.59. The van der Waals surface area contributed by atoms with Crippen LogP contribution in [0.4, 0.5) is 0 Å². The molecule has 6 heteroatoms. The van der Waals surface area contributed by atoms with E-state index in [9.17, 15) is 4.79 Å². The highest BCUT2D eigenvalue weighted by molar-refractivity contribution is 5.84. The number of hydrogen-bond acceptors (Lipinski definition) is 6. The van der Waals surface area contributed by atoms with E-state index in [4.69, 9.17) is 23.4 Å². The molecule has 0 N–H and O–H groups in total. The molecule has 0 saturated carbocycles. The van der Waals surface area contributed by atoms with Crippen LogP contribution in [0.3, 0.4) is 0 Å². The average molecular weight is 459 g/mol. The van der Waals surface area contributed by atoms with Gasteiger partial charge in [-0.15, -0.1) is 0 Å². The van der Waals surface area contributed by atoms with Crippen molar-refractivity contribution in [1.82, 2.24) is 0 Å². The van der Waals surface area contributed by atoms with Crippen molar-refractivity contribution >= 4 is 11.0 Å². The van der Waals surface area contributed by atoms with Crippen molar-refractivity contribution in [2.45, 2.75) is 26.4 Å². The molecule has 0 fully saturated rings. The zero-order chi connectivity index (χ0) is 23.5. The summed E-state index contributed by atoms with van der Waals surface area (Å²) in [6.07, 6.45) is 3.05. The molecular weight excluding hydrogens is 432 g/mol. The Hall–Kier alpha value is -3.93. The van der Waals surface area contributed by atoms with E-state index >= 15 is 0 Å². The van der Waals surface area contributed by atoms with Gasteiger partial charge in [0.25, 0.3) is 0 Å². The van der Waals surface area contributed by atoms with Crippen LogP contribution in [-0.4, -0.2) is 20.3 Å². The number of ether oxygens (including phenoxy) is 4. The Balaban J connectivity index is 1.46. The summed E-state index contributed by atoms with van der Waals surface area (Å²) in [5.74, 6) is 2.84. The third-order valence-corrected chi connectivity index (χ3v) is 5.95. The first kappa shape index (κ1) is 21.9. The smallest absolute Gasteiger partial charge is 0.200 e. The van der Waals surface area contributed by atoms with Gasteiger partial charge < -0.3 is 23.4 Å². The van der Waals surface area contributed by atoms with E-state index in [0.717, 1.165) is 35.3 Å². The maximum absolute atomic E-state index is 13.4. The van der Waals surface area contributed by atoms with Gasteiger partial charge in [0.2, 0.25) is 5.43 Å². The molecule has 0 atom stereocenters. The van der Waals surface area contributed by atoms with E-state index in [1.165, 1.54) is 6.26 Å². The molecule has 0 aliphatic carbocycles. The first-order valence-corrected chi connectivity index (χ1v) is 11.4. The maximum atomic E-state index is 13.4. The molecular formula is C28H26O6. The van der Waals surface area contributed by atoms with E-state index in [1.807, 2.05) is 55.5 Å². The second-order valence-corrected chi connectivity index (χ2v) is 8.14. The molecule has 1 aliphatic heterocycles. The third kappa shape index (κ3) is 4.31. The summed E-state index contributed by atoms with van der Waals surface area (Å²) in [6.45, 7) is 3.65. The molecule has 0 saturated heterocycles. The van der Waals surface area contributed by atoms with Crippen molar-refractivity contribution in [2.75, 3.05) is 20.3 Å². The molecule has 0 bridgehead atoms. The van der Waals surface area contributed by atoms with E-state index in [1.54, 1.807) is 13.2 Å². The molecule has 0 unspecified atom stereocenters. The quantitative estimate of drug-likeness (QED) is 0.365. The Kier molecular flexibility index (Phi) is 6.12. The van der Waals surface area contributed by atoms with Crippen molar-refractivity contribution < 1.29 is 23.4 Å². The Morgan fingerprint density at radius 1 is 0.941 bits per heavy atom. The van der Waals surface area contributed by atoms with Gasteiger partial charge in [-0.25, -0.2) is 0 Å². The molecule has 0 spiro atoms. The number of rotatable bonds is 6. The van der Waals surface area contributed by atoms with Crippen LogP contribution in [0.5, 0.6) is 23.0 Å². The molecule has 4 aromatic rings. The van der Waals surface area contributed by atoms with Gasteiger partial charge in [0, 0.05) is 12.5 Å². The SMILES string of the molecule is CCc1cc2c(=O)c(-c3ccc4c(c3)OCCCO4)coc2cc1OCc1ccc(OC)cc1. The molecule has 5 rings (SSSR count). The largest absolute Gasteiger partial charge is 0.497 e. The normalized spacial score (nSPS) is 12.9. The predicted molar refractivity (Wildman–Crippen MR) is 130 cm³/mol. The monoisotopic (exact) mass is 458 g/mol. The number of methoxy groups -OCH3 is 1. The van der Waals surface area contributed by atoms with Gasteiger partial charge in [-0.1, -0.05) is 25.1 Å². The molecule has 0 amide bonds. The molecule has 6 nitrogen and oxygen atoms in total. The first-order valence-electron chi connectivity index (χ1n) is 11.4. The molecule has 34 heavy (non-hydrogen) atoms. The minimum Gasteiger partial charge on any atom is -0.497 e. The molecule has 1 aliphatic rings. The van der Waals surface area contributed by atoms with E-state index in [2.05, 4.69) is 0 Å². The van der Waals surface area contributed by atoms with Crippen LogP contribution in [0.2, 0.25) is 0 Å². The van der Waals surface area contributed by atoms with Crippen LogP contribution in [0, 0.1) is 0 Å². The Morgan fingerprint density at radius 2 is 1.74 bits per heavy atom. The summed E-state index contributed by atoms with van der Waals surface area (Å²) < 4.78 is 28.7. The zero-order valence-electron chi connectivity index (χ0n) is 19.3. The minimum atomic E-state index is -0.0906. The fraction of sp³-hybridized carbons (Fsp3) is 0.250. The summed E-state index contributed by atoms with van der Waals surface area (Å²) in [4.78, 5) is 13.4. The average Bonchev–Trinajstić information content (AvgIpc) is 3.12. The minimum absolute atomic E-state index is 0.0906. The fourth-order valence-corrected chi connectivity index (χ4v) is 4.03. The lowest BCUT2D eigenvalue weighted by Gasteiger charge is -2.13. The maximum Gasteiger partial charge on any atom is 0.200 e. The van der Waals surface area contributed by atoms with Crippen LogP contribution in [0.1, 0.15) is 24.5 Å². The van der Waals surface area contributed by atoms with Crippen LogP contribution < -0.4 is 24.4 Å². The predicted octanol–water partition coefficient (Wildman–Crippen LogP) is 5.77. The second-order valence-electron chi connectivity index (χ2n) is 8.14. The van der Waals surface area contributed by atoms with Crippen molar-refractivity contribution in [2.24, 2.45) is 0 Å². The lowest BCUT2D eigenvalue weighted by atomic mass is 10.0. The number of benzene rings is 3. The molecule has 2 heterocycles. The standard InChI is InChI=1S/C28H26O6/c1-3-19-13-22-26(15-25(19)33-16-18-5-8-21(30-2)9-6-18)34-17-23(28(22)29)20-7-10-24-27(14-20)32-12-4-11-31-24/h5-10,13-15,17H,3-4,11-12,16H2,1-2H3. The van der Waals surface area contributed by atoms with Crippen LogP contribution in [-0.2, 0) is 13.0 Å². The first-order chi connectivity index (χ1) is 16.7. The summed E-state index contributed by atoms with van der Waals surface area (Å²) >= 11 is 0. The zero-order valence-corrected chi connectivity index (χ0v) is 19.3. The van der Waals surface area contributed by atoms with Crippen molar-refractivity contribution in [3.63, 3.8) is 0 Å². The Labute approximate surface area is 197 Å². The molecule has 0 radical (unpaired) electrons. The highest BCUT2D eigenvalue weighted by atomic mass is 16.5. The van der Waals surface area contributed by atoms with E-state index in [0.29, 0.717) is 53.6 Å². The van der Waals surface area contributed by atoms with Gasteiger partial charge in [-0.2, -0.15) is 0 Å². The lowest BCUT2D eigenvalue weighted by Crippen LogP contribution is -2.07. The molecule has 1 aromatic heterocycles. The Bertz CT molecular complexity index is 1370. The van der Waals surface area contributed by atoms with Crippen molar-refractivity contribution in [1.29, 1.82) is 0 Å². The summed E-state index contributed by atoms with van der Waals surface area (Å²) in [7, 11) is 1.64. The van der Waals surface area contributed by atoms with Crippen molar-refractivity contribution in [3.8, 4) is 34.1 Å². The van der Waals surface area contributed by atoms with Gasteiger partial charge in [-0.3, -0.25) is 4.79 Å². The van der Waals surface area contributed by atoms with E-state index < -0.39 is 0 Å². The van der Waals surface area contributed by atoms with Crippen molar-refractivity contribution in [3.05, 3.63) is 82.2 Å². The highest BCUT2D eigenvalue weighted by Gasteiger charge is 2.16. The highest BCUT2D eigenvalue weighted by Crippen LogP contribution is 2.34. The topological polar surface area (TPSA) is 67.1 Å². The van der Waals surface area contributed by atoms with Crippen LogP contribution >= 0.6 is 0 Å². The number of hydrogen-bond donors (Lipinski definition) is 0. The summed E-state index contributed by atoms with van der Waals surface area (Å²) in [5, 5.41) is 0.526. The fourth-order valence-electron chi connectivity index (χ4n) is 4.03. The van der Waals surface area contributed by atoms with Gasteiger partial charge in [-0.05, 0) is 53.4 Å². The van der Waals surface area contributed by atoms with E-state index in [-0.39, 0.29) is 5.43 Å². The van der Waals surface area contributed by atoms with Gasteiger partial charge in [0.15, 0.2) is 11.5 Å². The van der Waals surface area contributed by atoms with Gasteiger partial charge in [0.05, 0.1) is 31.3 Å². The Morgan fingerprint density at radius 3 is 2.50 bits per heavy atom. The number of aryl methyl sites for hydroxylation is 1. The lowest BCUT2D eigenvalue weighted by molar-refractivity contribution is 0.297. The second kappa shape index (κ2) is 9.51. The molecule has 3 aromatic carbocycles. The van der Waals surface area contributed by atoms with Crippen LogP contribution in [0.15, 0.2) is 70.1 Å².